The normalized spacial score (nSPS) is 12.1. The zero-order chi connectivity index (χ0) is 12.8. The van der Waals surface area contributed by atoms with Crippen LogP contribution < -0.4 is 4.74 Å². The van der Waals surface area contributed by atoms with E-state index in [1.165, 1.54) is 5.56 Å². The molecule has 0 bridgehead atoms. The second-order valence-electron chi connectivity index (χ2n) is 4.06. The molecular formula is C15H15ClOS. The van der Waals surface area contributed by atoms with Crippen LogP contribution in [-0.2, 0) is 0 Å². The second-order valence-corrected chi connectivity index (χ2v) is 4.86. The van der Waals surface area contributed by atoms with Gasteiger partial charge in [-0.05, 0) is 29.8 Å². The molecule has 2 aromatic rings. The summed E-state index contributed by atoms with van der Waals surface area (Å²) in [5.41, 5.74) is 1.25. The molecule has 0 saturated carbocycles. The summed E-state index contributed by atoms with van der Waals surface area (Å²) in [5.74, 6) is 1.89. The Morgan fingerprint density at radius 3 is 2.28 bits per heavy atom. The van der Waals surface area contributed by atoms with E-state index in [1.54, 1.807) is 0 Å². The van der Waals surface area contributed by atoms with Gasteiger partial charge in [0.2, 0.25) is 0 Å². The summed E-state index contributed by atoms with van der Waals surface area (Å²) in [6.45, 7) is 0.620. The molecular weight excluding hydrogens is 264 g/mol. The summed E-state index contributed by atoms with van der Waals surface area (Å²) in [6.07, 6.45) is 0. The Labute approximate surface area is 118 Å². The maximum Gasteiger partial charge on any atom is 0.119 e. The lowest BCUT2D eigenvalue weighted by atomic mass is 10.0. The summed E-state index contributed by atoms with van der Waals surface area (Å²) in [6, 6.07) is 17.7. The number of halogens is 1. The molecule has 0 N–H and O–H groups in total. The predicted octanol–water partition coefficient (Wildman–Crippen LogP) is 4.43. The van der Waals surface area contributed by atoms with E-state index in [-0.39, 0.29) is 0 Å². The quantitative estimate of drug-likeness (QED) is 0.796. The highest BCUT2D eigenvalue weighted by atomic mass is 35.5. The summed E-state index contributed by atoms with van der Waals surface area (Å²) in [7, 11) is 0. The molecule has 3 heteroatoms. The highest BCUT2D eigenvalue weighted by molar-refractivity contribution is 7.80. The summed E-state index contributed by atoms with van der Waals surface area (Å²) < 4.78 is 5.76. The summed E-state index contributed by atoms with van der Waals surface area (Å²) >= 11 is 10.2. The van der Waals surface area contributed by atoms with Gasteiger partial charge >= 0.3 is 0 Å². The Bertz CT molecular complexity index is 470. The first-order valence-corrected chi connectivity index (χ1v) is 6.85. The van der Waals surface area contributed by atoms with Gasteiger partial charge in [-0.25, -0.2) is 0 Å². The van der Waals surface area contributed by atoms with E-state index >= 15 is 0 Å². The van der Waals surface area contributed by atoms with E-state index in [2.05, 4.69) is 24.8 Å². The molecule has 94 valence electrons. The molecule has 1 atom stereocenters. The van der Waals surface area contributed by atoms with Crippen LogP contribution in [0.3, 0.4) is 0 Å². The van der Waals surface area contributed by atoms with E-state index in [0.29, 0.717) is 12.5 Å². The van der Waals surface area contributed by atoms with Crippen molar-refractivity contribution in [2.24, 2.45) is 0 Å². The van der Waals surface area contributed by atoms with Gasteiger partial charge in [-0.15, -0.1) is 0 Å². The van der Waals surface area contributed by atoms with Crippen LogP contribution in [0.5, 0.6) is 5.75 Å². The van der Waals surface area contributed by atoms with Crippen molar-refractivity contribution in [3.63, 3.8) is 0 Å². The van der Waals surface area contributed by atoms with Crippen molar-refractivity contribution in [3.05, 3.63) is 65.2 Å². The molecule has 0 aromatic heterocycles. The average Bonchev–Trinajstić information content (AvgIpc) is 2.43. The third kappa shape index (κ3) is 3.69. The number of hydrogen-bond acceptors (Lipinski definition) is 2. The topological polar surface area (TPSA) is 9.23 Å². The van der Waals surface area contributed by atoms with Crippen LogP contribution in [0.15, 0.2) is 54.6 Å². The van der Waals surface area contributed by atoms with Crippen molar-refractivity contribution < 1.29 is 4.74 Å². The van der Waals surface area contributed by atoms with Gasteiger partial charge < -0.3 is 4.74 Å². The van der Waals surface area contributed by atoms with Crippen LogP contribution in [0.25, 0.3) is 0 Å². The largest absolute Gasteiger partial charge is 0.493 e. The van der Waals surface area contributed by atoms with Gasteiger partial charge in [0.1, 0.15) is 5.75 Å². The van der Waals surface area contributed by atoms with Crippen LogP contribution in [0.1, 0.15) is 11.5 Å². The first-order valence-electron chi connectivity index (χ1n) is 5.84. The smallest absolute Gasteiger partial charge is 0.119 e. The zero-order valence-electron chi connectivity index (χ0n) is 9.92. The molecule has 0 aliphatic rings. The van der Waals surface area contributed by atoms with E-state index in [0.717, 1.165) is 16.5 Å². The third-order valence-electron chi connectivity index (χ3n) is 2.76. The minimum absolute atomic E-state index is 0.296. The van der Waals surface area contributed by atoms with Gasteiger partial charge in [0.15, 0.2) is 0 Å². The van der Waals surface area contributed by atoms with Crippen molar-refractivity contribution in [2.45, 2.75) is 5.92 Å². The molecule has 0 saturated heterocycles. The van der Waals surface area contributed by atoms with Gasteiger partial charge in [-0.2, -0.15) is 12.6 Å². The van der Waals surface area contributed by atoms with E-state index < -0.39 is 0 Å². The maximum absolute atomic E-state index is 5.83. The summed E-state index contributed by atoms with van der Waals surface area (Å²) in [4.78, 5) is 0. The van der Waals surface area contributed by atoms with E-state index in [9.17, 15) is 0 Å². The standard InChI is InChI=1S/C15H15ClOS/c16-14-6-8-15(9-7-14)17-10-13(11-18)12-4-2-1-3-5-12/h1-9,13,18H,10-11H2. The molecule has 0 spiro atoms. The van der Waals surface area contributed by atoms with Crippen molar-refractivity contribution in [1.29, 1.82) is 0 Å². The Morgan fingerprint density at radius 2 is 1.67 bits per heavy atom. The van der Waals surface area contributed by atoms with E-state index in [4.69, 9.17) is 16.3 Å². The lowest BCUT2D eigenvalue weighted by Crippen LogP contribution is -2.11. The maximum atomic E-state index is 5.83. The van der Waals surface area contributed by atoms with E-state index in [1.807, 2.05) is 42.5 Å². The molecule has 0 aliphatic heterocycles. The van der Waals surface area contributed by atoms with Crippen LogP contribution in [0.2, 0.25) is 5.02 Å². The fraction of sp³-hybridized carbons (Fsp3) is 0.200. The lowest BCUT2D eigenvalue weighted by Gasteiger charge is -2.16. The summed E-state index contributed by atoms with van der Waals surface area (Å²) in [5, 5.41) is 0.719. The fourth-order valence-electron chi connectivity index (χ4n) is 1.71. The van der Waals surface area contributed by atoms with Gasteiger partial charge in [-0.1, -0.05) is 41.9 Å². The van der Waals surface area contributed by atoms with Crippen molar-refractivity contribution in [1.82, 2.24) is 0 Å². The minimum Gasteiger partial charge on any atom is -0.493 e. The van der Waals surface area contributed by atoms with Crippen LogP contribution in [0.4, 0.5) is 0 Å². The Morgan fingerprint density at radius 1 is 1.00 bits per heavy atom. The van der Waals surface area contributed by atoms with Gasteiger partial charge in [0.25, 0.3) is 0 Å². The van der Waals surface area contributed by atoms with Crippen molar-refractivity contribution >= 4 is 24.2 Å². The SMILES string of the molecule is SCC(COc1ccc(Cl)cc1)c1ccccc1. The van der Waals surface area contributed by atoms with Crippen molar-refractivity contribution in [2.75, 3.05) is 12.4 Å². The zero-order valence-corrected chi connectivity index (χ0v) is 11.6. The number of benzene rings is 2. The average molecular weight is 279 g/mol. The third-order valence-corrected chi connectivity index (χ3v) is 3.45. The van der Waals surface area contributed by atoms with Gasteiger partial charge in [0, 0.05) is 16.7 Å². The lowest BCUT2D eigenvalue weighted by molar-refractivity contribution is 0.298. The Kier molecular flexibility index (Phi) is 4.97. The molecule has 1 unspecified atom stereocenters. The molecule has 0 aliphatic carbocycles. The second kappa shape index (κ2) is 6.72. The number of ether oxygens (including phenoxy) is 1. The number of hydrogen-bond donors (Lipinski definition) is 1. The number of thiol groups is 1. The molecule has 0 amide bonds. The van der Waals surface area contributed by atoms with Crippen LogP contribution in [0, 0.1) is 0 Å². The van der Waals surface area contributed by atoms with Crippen LogP contribution >= 0.6 is 24.2 Å². The van der Waals surface area contributed by atoms with Crippen molar-refractivity contribution in [3.8, 4) is 5.75 Å². The monoisotopic (exact) mass is 278 g/mol. The molecule has 2 rings (SSSR count). The molecule has 0 heterocycles. The minimum atomic E-state index is 0.296. The molecule has 0 fully saturated rings. The Balaban J connectivity index is 1.97. The first kappa shape index (κ1) is 13.3. The van der Waals surface area contributed by atoms with Gasteiger partial charge in [-0.3, -0.25) is 0 Å². The molecule has 18 heavy (non-hydrogen) atoms. The molecule has 1 nitrogen and oxygen atoms in total. The van der Waals surface area contributed by atoms with Crippen LogP contribution in [-0.4, -0.2) is 12.4 Å². The predicted molar refractivity (Wildman–Crippen MR) is 80.0 cm³/mol. The molecule has 2 aromatic carbocycles. The molecule has 0 radical (unpaired) electrons. The Hall–Kier alpha value is -1.12. The van der Waals surface area contributed by atoms with Gasteiger partial charge in [0.05, 0.1) is 6.61 Å². The number of rotatable bonds is 5. The first-order chi connectivity index (χ1) is 8.79. The fourth-order valence-corrected chi connectivity index (χ4v) is 2.15. The highest BCUT2D eigenvalue weighted by Crippen LogP contribution is 2.20. The highest BCUT2D eigenvalue weighted by Gasteiger charge is 2.10.